The second-order valence-electron chi connectivity index (χ2n) is 6.11. The van der Waals surface area contributed by atoms with Crippen molar-refractivity contribution in [3.05, 3.63) is 30.2 Å². The van der Waals surface area contributed by atoms with Crippen LogP contribution in [0.4, 0.5) is 0 Å². The summed E-state index contributed by atoms with van der Waals surface area (Å²) in [4.78, 5) is 4.38. The molecule has 3 N–H and O–H groups in total. The molecule has 24 heavy (non-hydrogen) atoms. The molecule has 0 atom stereocenters. The van der Waals surface area contributed by atoms with Crippen LogP contribution in [0.2, 0.25) is 0 Å². The highest BCUT2D eigenvalue weighted by Crippen LogP contribution is 2.05. The molecule has 2 aromatic rings. The number of aliphatic imine (C=N–C) groups is 1. The molecule has 0 amide bonds. The highest BCUT2D eigenvalue weighted by Gasteiger charge is 2.03. The lowest BCUT2D eigenvalue weighted by Gasteiger charge is -2.05. The highest BCUT2D eigenvalue weighted by molar-refractivity contribution is 5.77. The van der Waals surface area contributed by atoms with Crippen molar-refractivity contribution in [3.8, 4) is 0 Å². The van der Waals surface area contributed by atoms with E-state index in [0.717, 1.165) is 37.3 Å². The van der Waals surface area contributed by atoms with Crippen LogP contribution < -0.4 is 11.1 Å². The molecule has 0 unspecified atom stereocenters. The summed E-state index contributed by atoms with van der Waals surface area (Å²) in [6.45, 7) is 3.86. The first-order valence-corrected chi connectivity index (χ1v) is 9.13. The third-order valence-electron chi connectivity index (χ3n) is 4.06. The van der Waals surface area contributed by atoms with Crippen molar-refractivity contribution in [2.45, 2.75) is 58.3 Å². The number of guanidine groups is 1. The molecular formula is C18H30N6. The predicted octanol–water partition coefficient (Wildman–Crippen LogP) is 2.93. The first-order valence-electron chi connectivity index (χ1n) is 9.13. The van der Waals surface area contributed by atoms with Crippen LogP contribution in [-0.2, 0) is 6.42 Å². The fourth-order valence-corrected chi connectivity index (χ4v) is 2.68. The maximum atomic E-state index is 5.89. The third-order valence-corrected chi connectivity index (χ3v) is 4.06. The van der Waals surface area contributed by atoms with Gasteiger partial charge in [0.1, 0.15) is 5.82 Å². The van der Waals surface area contributed by atoms with E-state index in [9.17, 15) is 0 Å². The van der Waals surface area contributed by atoms with Crippen molar-refractivity contribution in [3.63, 3.8) is 0 Å². The number of unbranched alkanes of at least 4 members (excludes halogenated alkanes) is 5. The van der Waals surface area contributed by atoms with E-state index in [1.165, 1.54) is 32.1 Å². The van der Waals surface area contributed by atoms with Gasteiger partial charge in [-0.25, -0.2) is 0 Å². The van der Waals surface area contributed by atoms with Crippen LogP contribution in [-0.4, -0.2) is 33.6 Å². The molecule has 6 nitrogen and oxygen atoms in total. The molecule has 0 fully saturated rings. The topological polar surface area (TPSA) is 80.6 Å². The summed E-state index contributed by atoms with van der Waals surface area (Å²) >= 11 is 0. The van der Waals surface area contributed by atoms with Crippen LogP contribution in [0, 0.1) is 0 Å². The molecule has 0 bridgehead atoms. The number of aryl methyl sites for hydroxylation is 1. The average Bonchev–Trinajstić information content (AvgIpc) is 3.01. The van der Waals surface area contributed by atoms with Crippen molar-refractivity contribution < 1.29 is 0 Å². The Morgan fingerprint density at radius 3 is 2.83 bits per heavy atom. The molecule has 0 saturated carbocycles. The Morgan fingerprint density at radius 2 is 1.96 bits per heavy atom. The van der Waals surface area contributed by atoms with Gasteiger partial charge < -0.3 is 11.1 Å². The number of nitrogens with two attached hydrogens (primary N) is 1. The normalized spacial score (nSPS) is 12.0. The van der Waals surface area contributed by atoms with Crippen LogP contribution in [0.15, 0.2) is 29.4 Å². The number of nitrogens with zero attached hydrogens (tertiary/aromatic N) is 4. The summed E-state index contributed by atoms with van der Waals surface area (Å²) in [5.74, 6) is 1.52. The quantitative estimate of drug-likeness (QED) is 0.377. The third kappa shape index (κ3) is 6.18. The lowest BCUT2D eigenvalue weighted by atomic mass is 10.1. The monoisotopic (exact) mass is 330 g/mol. The molecule has 6 heteroatoms. The Morgan fingerprint density at radius 1 is 1.12 bits per heavy atom. The summed E-state index contributed by atoms with van der Waals surface area (Å²) < 4.78 is 2.02. The molecule has 2 rings (SSSR count). The zero-order valence-electron chi connectivity index (χ0n) is 14.7. The van der Waals surface area contributed by atoms with E-state index in [2.05, 4.69) is 27.4 Å². The molecule has 0 aliphatic carbocycles. The number of pyridine rings is 1. The van der Waals surface area contributed by atoms with E-state index in [1.54, 1.807) is 0 Å². The Hall–Kier alpha value is -2.11. The number of rotatable bonds is 11. The molecule has 0 aliphatic rings. The first kappa shape index (κ1) is 18.2. The van der Waals surface area contributed by atoms with Gasteiger partial charge in [-0.05, 0) is 25.0 Å². The summed E-state index contributed by atoms with van der Waals surface area (Å²) in [7, 11) is 0. The summed E-state index contributed by atoms with van der Waals surface area (Å²) in [5, 5.41) is 11.6. The van der Waals surface area contributed by atoms with Crippen LogP contribution >= 0.6 is 0 Å². The molecule has 132 valence electrons. The van der Waals surface area contributed by atoms with E-state index in [-0.39, 0.29) is 0 Å². The minimum atomic E-state index is 0.551. The largest absolute Gasteiger partial charge is 0.370 e. The molecule has 0 spiro atoms. The lowest BCUT2D eigenvalue weighted by Crippen LogP contribution is -2.32. The summed E-state index contributed by atoms with van der Waals surface area (Å²) in [6.07, 6.45) is 11.5. The van der Waals surface area contributed by atoms with Gasteiger partial charge in [0.25, 0.3) is 0 Å². The zero-order chi connectivity index (χ0) is 17.0. The van der Waals surface area contributed by atoms with Gasteiger partial charge >= 0.3 is 0 Å². The van der Waals surface area contributed by atoms with Gasteiger partial charge in [0.15, 0.2) is 11.6 Å². The van der Waals surface area contributed by atoms with E-state index >= 15 is 0 Å². The van der Waals surface area contributed by atoms with Crippen LogP contribution in [0.5, 0.6) is 0 Å². The van der Waals surface area contributed by atoms with Crippen LogP contribution in [0.1, 0.15) is 57.7 Å². The van der Waals surface area contributed by atoms with Crippen molar-refractivity contribution in [1.29, 1.82) is 0 Å². The minimum absolute atomic E-state index is 0.551. The van der Waals surface area contributed by atoms with Crippen LogP contribution in [0.3, 0.4) is 0 Å². The second-order valence-corrected chi connectivity index (χ2v) is 6.11. The molecule has 2 heterocycles. The number of aromatic nitrogens is 3. The van der Waals surface area contributed by atoms with Gasteiger partial charge in [-0.3, -0.25) is 9.39 Å². The van der Waals surface area contributed by atoms with E-state index in [4.69, 9.17) is 5.73 Å². The SMILES string of the molecule is CCCCCCCCNC(N)=NCCCc1nnc2ccccn12. The fourth-order valence-electron chi connectivity index (χ4n) is 2.68. The van der Waals surface area contributed by atoms with Gasteiger partial charge in [-0.15, -0.1) is 10.2 Å². The Balaban J connectivity index is 1.58. The van der Waals surface area contributed by atoms with Gasteiger partial charge in [0, 0.05) is 25.7 Å². The van der Waals surface area contributed by atoms with Gasteiger partial charge in [-0.1, -0.05) is 45.1 Å². The fraction of sp³-hybridized carbons (Fsp3) is 0.611. The predicted molar refractivity (Wildman–Crippen MR) is 99.2 cm³/mol. The molecular weight excluding hydrogens is 300 g/mol. The zero-order valence-corrected chi connectivity index (χ0v) is 14.7. The average molecular weight is 330 g/mol. The van der Waals surface area contributed by atoms with Gasteiger partial charge in [0.2, 0.25) is 0 Å². The Labute approximate surface area is 144 Å². The van der Waals surface area contributed by atoms with Crippen molar-refractivity contribution >= 4 is 11.6 Å². The smallest absolute Gasteiger partial charge is 0.188 e. The molecule has 0 radical (unpaired) electrons. The number of hydrogen-bond acceptors (Lipinski definition) is 3. The van der Waals surface area contributed by atoms with Crippen molar-refractivity contribution in [1.82, 2.24) is 19.9 Å². The number of fused-ring (bicyclic) bond motifs is 1. The number of nitrogens with one attached hydrogen (secondary N) is 1. The molecule has 0 aromatic carbocycles. The van der Waals surface area contributed by atoms with E-state index in [1.807, 2.05) is 28.8 Å². The second kappa shape index (κ2) is 10.6. The van der Waals surface area contributed by atoms with Gasteiger partial charge in [-0.2, -0.15) is 0 Å². The van der Waals surface area contributed by atoms with E-state index < -0.39 is 0 Å². The Bertz CT molecular complexity index is 619. The first-order chi connectivity index (χ1) is 11.8. The maximum absolute atomic E-state index is 5.89. The lowest BCUT2D eigenvalue weighted by molar-refractivity contribution is 0.601. The standard InChI is InChI=1S/C18H30N6/c1-2-3-4-5-6-8-13-20-18(19)21-14-10-12-17-23-22-16-11-7-9-15-24(16)17/h7,9,11,15H,2-6,8,10,12-14H2,1H3,(H3,19,20,21). The van der Waals surface area contributed by atoms with Crippen molar-refractivity contribution in [2.24, 2.45) is 10.7 Å². The summed E-state index contributed by atoms with van der Waals surface area (Å²) in [6, 6.07) is 5.91. The summed E-state index contributed by atoms with van der Waals surface area (Å²) in [5.41, 5.74) is 6.78. The van der Waals surface area contributed by atoms with Crippen LogP contribution in [0.25, 0.3) is 5.65 Å². The maximum Gasteiger partial charge on any atom is 0.188 e. The molecule has 0 aliphatic heterocycles. The van der Waals surface area contributed by atoms with E-state index in [0.29, 0.717) is 12.5 Å². The van der Waals surface area contributed by atoms with Gasteiger partial charge in [0.05, 0.1) is 0 Å². The highest BCUT2D eigenvalue weighted by atomic mass is 15.2. The Kier molecular flexibility index (Phi) is 8.07. The molecule has 2 aromatic heterocycles. The van der Waals surface area contributed by atoms with Crippen molar-refractivity contribution in [2.75, 3.05) is 13.1 Å². The number of hydrogen-bond donors (Lipinski definition) is 2. The minimum Gasteiger partial charge on any atom is -0.370 e. The molecule has 0 saturated heterocycles.